The van der Waals surface area contributed by atoms with Gasteiger partial charge in [0, 0.05) is 22.6 Å². The second kappa shape index (κ2) is 5.67. The van der Waals surface area contributed by atoms with Crippen molar-refractivity contribution in [1.29, 1.82) is 0 Å². The van der Waals surface area contributed by atoms with E-state index >= 15 is 0 Å². The van der Waals surface area contributed by atoms with Crippen molar-refractivity contribution < 1.29 is 4.39 Å². The van der Waals surface area contributed by atoms with Gasteiger partial charge in [-0.05, 0) is 29.8 Å². The molecule has 0 fully saturated rings. The van der Waals surface area contributed by atoms with Crippen LogP contribution >= 0.6 is 0 Å². The van der Waals surface area contributed by atoms with Crippen molar-refractivity contribution >= 4 is 17.1 Å². The fourth-order valence-electron chi connectivity index (χ4n) is 2.30. The van der Waals surface area contributed by atoms with Gasteiger partial charge in [0.2, 0.25) is 0 Å². The predicted molar refractivity (Wildman–Crippen MR) is 86.0 cm³/mol. The van der Waals surface area contributed by atoms with E-state index < -0.39 is 0 Å². The fraction of sp³-hybridized carbons (Fsp3) is 0. The van der Waals surface area contributed by atoms with E-state index in [2.05, 4.69) is 5.32 Å². The number of para-hydroxylation sites is 1. The quantitative estimate of drug-likeness (QED) is 0.674. The Morgan fingerprint density at radius 3 is 2.00 bits per heavy atom. The average molecular weight is 278 g/mol. The first-order chi connectivity index (χ1) is 10.2. The van der Waals surface area contributed by atoms with Gasteiger partial charge in [-0.3, -0.25) is 0 Å². The minimum Gasteiger partial charge on any atom is -0.398 e. The van der Waals surface area contributed by atoms with Crippen LogP contribution in [-0.2, 0) is 0 Å². The van der Waals surface area contributed by atoms with Crippen molar-refractivity contribution in [1.82, 2.24) is 0 Å². The number of hydrogen-bond acceptors (Lipinski definition) is 2. The lowest BCUT2D eigenvalue weighted by molar-refractivity contribution is 0.632. The molecule has 0 radical (unpaired) electrons. The Kier molecular flexibility index (Phi) is 3.56. The van der Waals surface area contributed by atoms with Gasteiger partial charge in [-0.15, -0.1) is 0 Å². The van der Waals surface area contributed by atoms with E-state index in [1.807, 2.05) is 60.7 Å². The molecule has 3 rings (SSSR count). The molecule has 0 aliphatic heterocycles. The highest BCUT2D eigenvalue weighted by molar-refractivity contribution is 5.80. The summed E-state index contributed by atoms with van der Waals surface area (Å²) >= 11 is 0. The monoisotopic (exact) mass is 278 g/mol. The van der Waals surface area contributed by atoms with Gasteiger partial charge >= 0.3 is 0 Å². The van der Waals surface area contributed by atoms with Crippen LogP contribution in [0, 0.1) is 5.82 Å². The van der Waals surface area contributed by atoms with Crippen LogP contribution < -0.4 is 11.1 Å². The van der Waals surface area contributed by atoms with Crippen LogP contribution in [-0.4, -0.2) is 0 Å². The van der Waals surface area contributed by atoms with Crippen LogP contribution in [0.1, 0.15) is 0 Å². The number of anilines is 3. The van der Waals surface area contributed by atoms with E-state index in [1.165, 1.54) is 6.07 Å². The number of nitrogens with one attached hydrogen (secondary N) is 1. The summed E-state index contributed by atoms with van der Waals surface area (Å²) < 4.78 is 14.4. The maximum Gasteiger partial charge on any atom is 0.135 e. The van der Waals surface area contributed by atoms with Crippen LogP contribution in [0.2, 0.25) is 0 Å². The van der Waals surface area contributed by atoms with Gasteiger partial charge in [-0.2, -0.15) is 0 Å². The van der Waals surface area contributed by atoms with Crippen molar-refractivity contribution in [2.75, 3.05) is 11.1 Å². The molecular formula is C18H15FN2. The molecule has 2 nitrogen and oxygen atoms in total. The highest BCUT2D eigenvalue weighted by Crippen LogP contribution is 2.32. The first-order valence-electron chi connectivity index (χ1n) is 6.70. The topological polar surface area (TPSA) is 38.0 Å². The van der Waals surface area contributed by atoms with Gasteiger partial charge in [-0.25, -0.2) is 4.39 Å². The van der Waals surface area contributed by atoms with Crippen molar-refractivity contribution in [2.24, 2.45) is 0 Å². The molecule has 0 aliphatic rings. The summed E-state index contributed by atoms with van der Waals surface area (Å²) in [7, 11) is 0. The van der Waals surface area contributed by atoms with E-state index in [0.717, 1.165) is 11.3 Å². The molecule has 104 valence electrons. The summed E-state index contributed by atoms with van der Waals surface area (Å²) in [6.07, 6.45) is 0. The van der Waals surface area contributed by atoms with Crippen LogP contribution in [0.3, 0.4) is 0 Å². The first kappa shape index (κ1) is 13.2. The summed E-state index contributed by atoms with van der Waals surface area (Å²) in [6, 6.07) is 22.1. The zero-order chi connectivity index (χ0) is 14.7. The molecule has 0 bridgehead atoms. The van der Waals surface area contributed by atoms with Gasteiger partial charge < -0.3 is 11.1 Å². The number of halogens is 1. The van der Waals surface area contributed by atoms with Gasteiger partial charge in [-0.1, -0.05) is 48.5 Å². The first-order valence-corrected chi connectivity index (χ1v) is 6.70. The van der Waals surface area contributed by atoms with Crippen molar-refractivity contribution in [3.63, 3.8) is 0 Å². The maximum atomic E-state index is 14.4. The van der Waals surface area contributed by atoms with E-state index in [4.69, 9.17) is 5.73 Å². The molecule has 3 heteroatoms. The van der Waals surface area contributed by atoms with E-state index in [0.29, 0.717) is 16.9 Å². The maximum absolute atomic E-state index is 14.4. The third-order valence-corrected chi connectivity index (χ3v) is 3.25. The van der Waals surface area contributed by atoms with Crippen LogP contribution in [0.15, 0.2) is 72.8 Å². The second-order valence-corrected chi connectivity index (χ2v) is 4.78. The minimum atomic E-state index is -0.334. The number of nitrogen functional groups attached to an aromatic ring is 1. The smallest absolute Gasteiger partial charge is 0.135 e. The summed E-state index contributed by atoms with van der Waals surface area (Å²) in [5.74, 6) is -0.334. The van der Waals surface area contributed by atoms with Crippen LogP contribution in [0.5, 0.6) is 0 Å². The Hall–Kier alpha value is -2.81. The lowest BCUT2D eigenvalue weighted by atomic mass is 10.0. The Bertz CT molecular complexity index is 717. The molecule has 0 saturated carbocycles. The molecule has 3 N–H and O–H groups in total. The Labute approximate surface area is 123 Å². The van der Waals surface area contributed by atoms with Gasteiger partial charge in [0.05, 0.1) is 0 Å². The van der Waals surface area contributed by atoms with Crippen molar-refractivity contribution in [2.45, 2.75) is 0 Å². The number of nitrogens with two attached hydrogens (primary N) is 1. The highest BCUT2D eigenvalue weighted by atomic mass is 19.1. The summed E-state index contributed by atoms with van der Waals surface area (Å²) in [5.41, 5.74) is 9.19. The second-order valence-electron chi connectivity index (χ2n) is 4.78. The summed E-state index contributed by atoms with van der Waals surface area (Å²) in [4.78, 5) is 0. The molecule has 3 aromatic carbocycles. The highest BCUT2D eigenvalue weighted by Gasteiger charge is 2.11. The van der Waals surface area contributed by atoms with Gasteiger partial charge in [0.15, 0.2) is 0 Å². The summed E-state index contributed by atoms with van der Waals surface area (Å²) in [6.45, 7) is 0. The predicted octanol–water partition coefficient (Wildman–Crippen LogP) is 4.82. The number of rotatable bonds is 3. The molecule has 0 atom stereocenters. The third kappa shape index (κ3) is 2.87. The largest absolute Gasteiger partial charge is 0.398 e. The molecule has 21 heavy (non-hydrogen) atoms. The van der Waals surface area contributed by atoms with Crippen LogP contribution in [0.4, 0.5) is 21.5 Å². The molecule has 0 amide bonds. The molecular weight excluding hydrogens is 263 g/mol. The molecule has 0 spiro atoms. The van der Waals surface area contributed by atoms with Gasteiger partial charge in [0.25, 0.3) is 0 Å². The minimum absolute atomic E-state index is 0.334. The molecule has 0 heterocycles. The fourth-order valence-corrected chi connectivity index (χ4v) is 2.30. The lowest BCUT2D eigenvalue weighted by Crippen LogP contribution is -1.98. The molecule has 3 aromatic rings. The number of benzene rings is 3. The summed E-state index contributed by atoms with van der Waals surface area (Å²) in [5, 5.41) is 3.14. The Morgan fingerprint density at radius 1 is 0.762 bits per heavy atom. The number of hydrogen-bond donors (Lipinski definition) is 2. The van der Waals surface area contributed by atoms with E-state index in [9.17, 15) is 4.39 Å². The van der Waals surface area contributed by atoms with E-state index in [1.54, 1.807) is 6.07 Å². The zero-order valence-electron chi connectivity index (χ0n) is 11.4. The lowest BCUT2D eigenvalue weighted by Gasteiger charge is -2.12. The zero-order valence-corrected chi connectivity index (χ0v) is 11.4. The van der Waals surface area contributed by atoms with Crippen LogP contribution in [0.25, 0.3) is 11.1 Å². The van der Waals surface area contributed by atoms with Gasteiger partial charge in [0.1, 0.15) is 5.82 Å². The Balaban J connectivity index is 1.97. The molecule has 0 saturated heterocycles. The SMILES string of the molecule is Nc1cc(Nc2ccccc2)cc(F)c1-c1ccccc1. The Morgan fingerprint density at radius 2 is 1.38 bits per heavy atom. The average Bonchev–Trinajstić information content (AvgIpc) is 2.49. The molecule has 0 aromatic heterocycles. The molecule has 0 aliphatic carbocycles. The van der Waals surface area contributed by atoms with Crippen molar-refractivity contribution in [3.05, 3.63) is 78.6 Å². The third-order valence-electron chi connectivity index (χ3n) is 3.25. The normalized spacial score (nSPS) is 10.3. The standard InChI is InChI=1S/C18H15FN2/c19-16-11-15(21-14-9-5-2-6-10-14)12-17(20)18(16)13-7-3-1-4-8-13/h1-12,21H,20H2. The molecule has 0 unspecified atom stereocenters. The van der Waals surface area contributed by atoms with E-state index in [-0.39, 0.29) is 5.82 Å². The van der Waals surface area contributed by atoms with Crippen molar-refractivity contribution in [3.8, 4) is 11.1 Å².